The van der Waals surface area contributed by atoms with Crippen molar-refractivity contribution in [1.29, 1.82) is 0 Å². The average Bonchev–Trinajstić information content (AvgIpc) is 2.63. The Morgan fingerprint density at radius 2 is 2.05 bits per heavy atom. The third kappa shape index (κ3) is 2.37. The zero-order valence-electron chi connectivity index (χ0n) is 11.6. The van der Waals surface area contributed by atoms with Gasteiger partial charge < -0.3 is 10.1 Å². The van der Waals surface area contributed by atoms with E-state index in [1.807, 2.05) is 13.0 Å². The van der Waals surface area contributed by atoms with E-state index in [9.17, 15) is 8.42 Å². The zero-order valence-corrected chi connectivity index (χ0v) is 12.5. The maximum atomic E-state index is 12.5. The standard InChI is InChI=1S/C14H21NO3S/c1-4-8-15-14-11-9-10(18-3)6-7-13(11)19(16,17)12(14)5-2/h6-7,9,12,14-15H,4-5,8H2,1-3H3. The van der Waals surface area contributed by atoms with Gasteiger partial charge in [-0.05, 0) is 43.1 Å². The van der Waals surface area contributed by atoms with Crippen molar-refractivity contribution in [1.82, 2.24) is 5.32 Å². The minimum Gasteiger partial charge on any atom is -0.497 e. The van der Waals surface area contributed by atoms with Crippen molar-refractivity contribution >= 4 is 9.84 Å². The molecule has 0 spiro atoms. The first kappa shape index (κ1) is 14.3. The minimum absolute atomic E-state index is 0.125. The SMILES string of the molecule is CCCNC1c2cc(OC)ccc2S(=O)(=O)C1CC. The van der Waals surface area contributed by atoms with Crippen molar-refractivity contribution in [3.05, 3.63) is 23.8 Å². The van der Waals surface area contributed by atoms with Crippen LogP contribution in [0.25, 0.3) is 0 Å². The van der Waals surface area contributed by atoms with Crippen molar-refractivity contribution in [3.8, 4) is 5.75 Å². The molecule has 0 fully saturated rings. The van der Waals surface area contributed by atoms with Crippen molar-refractivity contribution in [2.75, 3.05) is 13.7 Å². The highest BCUT2D eigenvalue weighted by atomic mass is 32.2. The Labute approximate surface area is 115 Å². The second-order valence-electron chi connectivity index (χ2n) is 4.83. The number of rotatable bonds is 5. The lowest BCUT2D eigenvalue weighted by atomic mass is 10.0. The first-order valence-corrected chi connectivity index (χ1v) is 8.26. The van der Waals surface area contributed by atoms with Gasteiger partial charge in [-0.15, -0.1) is 0 Å². The van der Waals surface area contributed by atoms with E-state index in [1.165, 1.54) is 0 Å². The molecule has 0 saturated heterocycles. The van der Waals surface area contributed by atoms with E-state index >= 15 is 0 Å². The summed E-state index contributed by atoms with van der Waals surface area (Å²) in [5, 5.41) is 2.99. The Hall–Kier alpha value is -1.07. The molecule has 2 atom stereocenters. The van der Waals surface area contributed by atoms with E-state index in [1.54, 1.807) is 19.2 Å². The summed E-state index contributed by atoms with van der Waals surface area (Å²) in [6.07, 6.45) is 1.59. The normalized spacial score (nSPS) is 24.2. The number of fused-ring (bicyclic) bond motifs is 1. The van der Waals surface area contributed by atoms with Gasteiger partial charge >= 0.3 is 0 Å². The molecule has 1 aromatic rings. The van der Waals surface area contributed by atoms with E-state index < -0.39 is 9.84 Å². The number of nitrogens with one attached hydrogen (secondary N) is 1. The summed E-state index contributed by atoms with van der Waals surface area (Å²) in [4.78, 5) is 0.453. The molecule has 0 aromatic heterocycles. The average molecular weight is 283 g/mol. The molecule has 0 aliphatic carbocycles. The summed E-state index contributed by atoms with van der Waals surface area (Å²) >= 11 is 0. The summed E-state index contributed by atoms with van der Waals surface area (Å²) in [7, 11) is -1.62. The quantitative estimate of drug-likeness (QED) is 0.901. The van der Waals surface area contributed by atoms with Crippen molar-refractivity contribution in [2.45, 2.75) is 42.9 Å². The van der Waals surface area contributed by atoms with Gasteiger partial charge in [0.1, 0.15) is 5.75 Å². The Morgan fingerprint density at radius 3 is 2.63 bits per heavy atom. The molecule has 1 heterocycles. The Morgan fingerprint density at radius 1 is 1.32 bits per heavy atom. The molecule has 0 bridgehead atoms. The van der Waals surface area contributed by atoms with Crippen LogP contribution in [0.3, 0.4) is 0 Å². The molecule has 5 heteroatoms. The molecule has 1 N–H and O–H groups in total. The molecule has 1 aliphatic heterocycles. The van der Waals surface area contributed by atoms with E-state index in [4.69, 9.17) is 4.74 Å². The van der Waals surface area contributed by atoms with Gasteiger partial charge in [-0.3, -0.25) is 0 Å². The van der Waals surface area contributed by atoms with E-state index in [0.717, 1.165) is 18.5 Å². The second-order valence-corrected chi connectivity index (χ2v) is 6.96. The number of sulfone groups is 1. The number of hydrogen-bond donors (Lipinski definition) is 1. The van der Waals surface area contributed by atoms with Crippen molar-refractivity contribution < 1.29 is 13.2 Å². The van der Waals surface area contributed by atoms with Gasteiger partial charge in [-0.1, -0.05) is 13.8 Å². The van der Waals surface area contributed by atoms with Crippen LogP contribution >= 0.6 is 0 Å². The van der Waals surface area contributed by atoms with Crippen LogP contribution in [0.1, 0.15) is 38.3 Å². The molecule has 0 radical (unpaired) electrons. The van der Waals surface area contributed by atoms with Crippen molar-refractivity contribution in [3.63, 3.8) is 0 Å². The van der Waals surface area contributed by atoms with Crippen molar-refractivity contribution in [2.24, 2.45) is 0 Å². The molecular formula is C14H21NO3S. The molecule has 2 unspecified atom stereocenters. The van der Waals surface area contributed by atoms with E-state index in [-0.39, 0.29) is 11.3 Å². The zero-order chi connectivity index (χ0) is 14.0. The maximum absolute atomic E-state index is 12.5. The number of hydrogen-bond acceptors (Lipinski definition) is 4. The van der Waals surface area contributed by atoms with Crippen LogP contribution < -0.4 is 10.1 Å². The molecule has 0 saturated carbocycles. The van der Waals surface area contributed by atoms with Crippen LogP contribution in [-0.2, 0) is 9.84 Å². The third-order valence-corrected chi connectivity index (χ3v) is 6.03. The molecule has 2 rings (SSSR count). The summed E-state index contributed by atoms with van der Waals surface area (Å²) < 4.78 is 30.2. The fourth-order valence-electron chi connectivity index (χ4n) is 2.69. The maximum Gasteiger partial charge on any atom is 0.183 e. The second kappa shape index (κ2) is 5.51. The van der Waals surface area contributed by atoms with E-state index in [0.29, 0.717) is 17.1 Å². The fraction of sp³-hybridized carbons (Fsp3) is 0.571. The van der Waals surface area contributed by atoms with Gasteiger partial charge in [0, 0.05) is 0 Å². The first-order chi connectivity index (χ1) is 9.06. The largest absolute Gasteiger partial charge is 0.497 e. The van der Waals surface area contributed by atoms with Crippen LogP contribution in [0.5, 0.6) is 5.75 Å². The lowest BCUT2D eigenvalue weighted by Gasteiger charge is -2.19. The number of methoxy groups -OCH3 is 1. The van der Waals surface area contributed by atoms with Gasteiger partial charge in [0.05, 0.1) is 23.3 Å². The molecule has 4 nitrogen and oxygen atoms in total. The topological polar surface area (TPSA) is 55.4 Å². The smallest absolute Gasteiger partial charge is 0.183 e. The monoisotopic (exact) mass is 283 g/mol. The summed E-state index contributed by atoms with van der Waals surface area (Å²) in [6.45, 7) is 4.81. The Bertz CT molecular complexity index is 554. The highest BCUT2D eigenvalue weighted by Crippen LogP contribution is 2.41. The fourth-order valence-corrected chi connectivity index (χ4v) is 4.83. The molecule has 106 valence electrons. The lowest BCUT2D eigenvalue weighted by Crippen LogP contribution is -2.31. The number of benzene rings is 1. The van der Waals surface area contributed by atoms with Gasteiger partial charge in [-0.2, -0.15) is 0 Å². The van der Waals surface area contributed by atoms with Gasteiger partial charge in [0.25, 0.3) is 0 Å². The highest BCUT2D eigenvalue weighted by Gasteiger charge is 2.43. The Kier molecular flexibility index (Phi) is 4.16. The predicted octanol–water partition coefficient (Wildman–Crippen LogP) is 2.30. The molecule has 19 heavy (non-hydrogen) atoms. The molecule has 1 aromatic carbocycles. The van der Waals surface area contributed by atoms with E-state index in [2.05, 4.69) is 12.2 Å². The van der Waals surface area contributed by atoms with Gasteiger partial charge in [0.2, 0.25) is 0 Å². The third-order valence-electron chi connectivity index (χ3n) is 3.65. The lowest BCUT2D eigenvalue weighted by molar-refractivity contribution is 0.412. The van der Waals surface area contributed by atoms with Crippen LogP contribution in [0.2, 0.25) is 0 Å². The first-order valence-electron chi connectivity index (χ1n) is 6.71. The minimum atomic E-state index is -3.22. The predicted molar refractivity (Wildman–Crippen MR) is 75.3 cm³/mol. The summed E-state index contributed by atoms with van der Waals surface area (Å²) in [6, 6.07) is 5.10. The summed E-state index contributed by atoms with van der Waals surface area (Å²) in [5.41, 5.74) is 0.847. The Balaban J connectivity index is 2.50. The van der Waals surface area contributed by atoms with Gasteiger partial charge in [0.15, 0.2) is 9.84 Å². The number of ether oxygens (including phenoxy) is 1. The summed E-state index contributed by atoms with van der Waals surface area (Å²) in [5.74, 6) is 0.703. The molecule has 1 aliphatic rings. The molecular weight excluding hydrogens is 262 g/mol. The van der Waals surface area contributed by atoms with Crippen LogP contribution in [0, 0.1) is 0 Å². The molecule has 0 amide bonds. The van der Waals surface area contributed by atoms with Gasteiger partial charge in [-0.25, -0.2) is 8.42 Å². The van der Waals surface area contributed by atoms with Crippen LogP contribution in [0.4, 0.5) is 0 Å². The highest BCUT2D eigenvalue weighted by molar-refractivity contribution is 7.92. The van der Waals surface area contributed by atoms with Crippen LogP contribution in [-0.4, -0.2) is 27.3 Å². The van der Waals surface area contributed by atoms with Crippen LogP contribution in [0.15, 0.2) is 23.1 Å².